The van der Waals surface area contributed by atoms with Crippen LogP contribution in [0.2, 0.25) is 0 Å². The lowest BCUT2D eigenvalue weighted by Crippen LogP contribution is -2.12. The van der Waals surface area contributed by atoms with E-state index >= 15 is 0 Å². The molecular weight excluding hydrogens is 235 g/mol. The number of rotatable bonds is 2. The van der Waals surface area contributed by atoms with Crippen LogP contribution < -0.4 is 5.32 Å². The average Bonchev–Trinajstić information content (AvgIpc) is 2.27. The summed E-state index contributed by atoms with van der Waals surface area (Å²) in [6.45, 7) is 1.82. The summed E-state index contributed by atoms with van der Waals surface area (Å²) in [4.78, 5) is 15.7. The zero-order valence-electron chi connectivity index (χ0n) is 9.64. The van der Waals surface area contributed by atoms with Gasteiger partial charge in [0.05, 0.1) is 5.56 Å². The van der Waals surface area contributed by atoms with E-state index in [1.807, 2.05) is 6.92 Å². The number of benzene rings is 1. The summed E-state index contributed by atoms with van der Waals surface area (Å²) in [6.07, 6.45) is 3.05. The van der Waals surface area contributed by atoms with E-state index in [2.05, 4.69) is 10.3 Å². The maximum atomic E-state index is 13.0. The van der Waals surface area contributed by atoms with Crippen LogP contribution in [0.4, 0.5) is 10.1 Å². The minimum atomic E-state index is -0.618. The first-order valence-electron chi connectivity index (χ1n) is 5.27. The van der Waals surface area contributed by atoms with Crippen LogP contribution in [0.5, 0.6) is 5.75 Å². The van der Waals surface area contributed by atoms with Gasteiger partial charge in [0, 0.05) is 30.2 Å². The van der Waals surface area contributed by atoms with Gasteiger partial charge in [0.1, 0.15) is 11.6 Å². The van der Waals surface area contributed by atoms with E-state index in [0.717, 1.165) is 17.7 Å². The van der Waals surface area contributed by atoms with Crippen LogP contribution in [0.3, 0.4) is 0 Å². The van der Waals surface area contributed by atoms with Crippen LogP contribution in [0.25, 0.3) is 0 Å². The molecule has 0 fully saturated rings. The van der Waals surface area contributed by atoms with Crippen molar-refractivity contribution in [2.24, 2.45) is 0 Å². The number of carbonyl (C=O) groups is 1. The van der Waals surface area contributed by atoms with E-state index in [1.54, 1.807) is 12.3 Å². The van der Waals surface area contributed by atoms with Crippen LogP contribution in [0.15, 0.2) is 36.7 Å². The largest absolute Gasteiger partial charge is 0.508 e. The van der Waals surface area contributed by atoms with Gasteiger partial charge in [-0.2, -0.15) is 0 Å². The molecule has 1 aromatic carbocycles. The van der Waals surface area contributed by atoms with E-state index < -0.39 is 11.7 Å². The van der Waals surface area contributed by atoms with E-state index in [1.165, 1.54) is 12.3 Å². The normalized spacial score (nSPS) is 10.1. The number of phenols is 1. The van der Waals surface area contributed by atoms with Gasteiger partial charge in [-0.25, -0.2) is 4.39 Å². The Bertz CT molecular complexity index is 579. The number of aryl methyl sites for hydroxylation is 1. The number of amides is 1. The van der Waals surface area contributed by atoms with Gasteiger partial charge in [-0.3, -0.25) is 9.78 Å². The third-order valence-corrected chi connectivity index (χ3v) is 2.28. The predicted molar refractivity (Wildman–Crippen MR) is 65.0 cm³/mol. The van der Waals surface area contributed by atoms with Crippen molar-refractivity contribution in [1.82, 2.24) is 4.98 Å². The molecule has 0 atom stereocenters. The molecule has 4 nitrogen and oxygen atoms in total. The molecule has 0 aliphatic heterocycles. The molecule has 92 valence electrons. The smallest absolute Gasteiger partial charge is 0.257 e. The molecule has 5 heteroatoms. The van der Waals surface area contributed by atoms with Crippen LogP contribution in [0.1, 0.15) is 15.9 Å². The molecule has 0 bridgehead atoms. The number of carbonyl (C=O) groups excluding carboxylic acids is 1. The van der Waals surface area contributed by atoms with Gasteiger partial charge in [0.15, 0.2) is 0 Å². The summed E-state index contributed by atoms with van der Waals surface area (Å²) in [5.74, 6) is -1.27. The molecule has 0 saturated carbocycles. The summed E-state index contributed by atoms with van der Waals surface area (Å²) >= 11 is 0. The zero-order valence-corrected chi connectivity index (χ0v) is 9.64. The number of phenolic OH excluding ortho intramolecular Hbond substituents is 1. The highest BCUT2D eigenvalue weighted by Gasteiger charge is 2.08. The van der Waals surface area contributed by atoms with E-state index in [4.69, 9.17) is 0 Å². The maximum absolute atomic E-state index is 13.0. The van der Waals surface area contributed by atoms with Gasteiger partial charge in [0.25, 0.3) is 5.91 Å². The molecule has 0 radical (unpaired) electrons. The van der Waals surface area contributed by atoms with Crippen molar-refractivity contribution in [3.8, 4) is 5.75 Å². The van der Waals surface area contributed by atoms with E-state index in [-0.39, 0.29) is 11.4 Å². The minimum absolute atomic E-state index is 0.194. The van der Waals surface area contributed by atoms with Crippen molar-refractivity contribution in [2.45, 2.75) is 6.92 Å². The highest BCUT2D eigenvalue weighted by molar-refractivity contribution is 6.04. The van der Waals surface area contributed by atoms with Crippen molar-refractivity contribution >= 4 is 11.6 Å². The molecule has 0 aliphatic carbocycles. The van der Waals surface area contributed by atoms with Crippen LogP contribution >= 0.6 is 0 Å². The first kappa shape index (κ1) is 12.0. The maximum Gasteiger partial charge on any atom is 0.257 e. The van der Waals surface area contributed by atoms with Gasteiger partial charge in [0.2, 0.25) is 0 Å². The molecule has 0 saturated heterocycles. The third kappa shape index (κ3) is 2.82. The minimum Gasteiger partial charge on any atom is -0.508 e. The van der Waals surface area contributed by atoms with E-state index in [9.17, 15) is 14.3 Å². The fourth-order valence-corrected chi connectivity index (χ4v) is 1.53. The molecule has 2 N–H and O–H groups in total. The van der Waals surface area contributed by atoms with Crippen LogP contribution in [-0.4, -0.2) is 16.0 Å². The number of halogens is 1. The van der Waals surface area contributed by atoms with Crippen LogP contribution in [-0.2, 0) is 0 Å². The fraction of sp³-hybridized carbons (Fsp3) is 0.0769. The second kappa shape index (κ2) is 4.83. The Morgan fingerprint density at radius 3 is 2.72 bits per heavy atom. The Labute approximate surface area is 103 Å². The third-order valence-electron chi connectivity index (χ3n) is 2.28. The summed E-state index contributed by atoms with van der Waals surface area (Å²) in [6, 6.07) is 5.02. The molecule has 2 rings (SSSR count). The second-order valence-electron chi connectivity index (χ2n) is 3.90. The molecule has 1 amide bonds. The lowest BCUT2D eigenvalue weighted by Gasteiger charge is -2.06. The molecule has 0 unspecified atom stereocenters. The SMILES string of the molecule is Cc1cncc(C(=O)Nc2cc(O)cc(F)c2)c1. The standard InChI is InChI=1S/C13H11FN2O2/c1-8-2-9(7-15-6-8)13(18)16-11-3-10(14)4-12(17)5-11/h2-7,17H,1H3,(H,16,18). The molecule has 0 aliphatic rings. The first-order valence-corrected chi connectivity index (χ1v) is 5.27. The number of aromatic nitrogens is 1. The topological polar surface area (TPSA) is 62.2 Å². The molecule has 1 heterocycles. The summed E-state index contributed by atoms with van der Waals surface area (Å²) in [7, 11) is 0. The number of anilines is 1. The number of pyridine rings is 1. The molecule has 0 spiro atoms. The average molecular weight is 246 g/mol. The summed E-state index contributed by atoms with van der Waals surface area (Å²) in [5.41, 5.74) is 1.42. The quantitative estimate of drug-likeness (QED) is 0.855. The summed E-state index contributed by atoms with van der Waals surface area (Å²) in [5, 5.41) is 11.7. The Morgan fingerprint density at radius 1 is 1.28 bits per heavy atom. The van der Waals surface area contributed by atoms with Gasteiger partial charge in [-0.15, -0.1) is 0 Å². The Balaban J connectivity index is 2.21. The predicted octanol–water partition coefficient (Wildman–Crippen LogP) is 2.49. The number of hydrogen-bond acceptors (Lipinski definition) is 3. The van der Waals surface area contributed by atoms with Crippen molar-refractivity contribution in [3.05, 3.63) is 53.6 Å². The Kier molecular flexibility index (Phi) is 3.23. The molecule has 1 aromatic heterocycles. The second-order valence-corrected chi connectivity index (χ2v) is 3.90. The highest BCUT2D eigenvalue weighted by Crippen LogP contribution is 2.19. The number of nitrogens with zero attached hydrogens (tertiary/aromatic N) is 1. The van der Waals surface area contributed by atoms with Crippen LogP contribution in [0, 0.1) is 12.7 Å². The zero-order chi connectivity index (χ0) is 13.1. The Morgan fingerprint density at radius 2 is 2.06 bits per heavy atom. The van der Waals surface area contributed by atoms with Crippen molar-refractivity contribution in [1.29, 1.82) is 0 Å². The van der Waals surface area contributed by atoms with Crippen molar-refractivity contribution in [2.75, 3.05) is 5.32 Å². The summed E-state index contributed by atoms with van der Waals surface area (Å²) < 4.78 is 13.0. The highest BCUT2D eigenvalue weighted by atomic mass is 19.1. The number of hydrogen-bond donors (Lipinski definition) is 2. The Hall–Kier alpha value is -2.43. The molecule has 18 heavy (non-hydrogen) atoms. The van der Waals surface area contributed by atoms with Gasteiger partial charge < -0.3 is 10.4 Å². The monoisotopic (exact) mass is 246 g/mol. The van der Waals surface area contributed by atoms with Crippen molar-refractivity contribution < 1.29 is 14.3 Å². The molecular formula is C13H11FN2O2. The lowest BCUT2D eigenvalue weighted by atomic mass is 10.2. The number of aromatic hydroxyl groups is 1. The number of nitrogens with one attached hydrogen (secondary N) is 1. The fourth-order valence-electron chi connectivity index (χ4n) is 1.53. The van der Waals surface area contributed by atoms with Crippen molar-refractivity contribution in [3.63, 3.8) is 0 Å². The first-order chi connectivity index (χ1) is 8.54. The lowest BCUT2D eigenvalue weighted by molar-refractivity contribution is 0.102. The van der Waals surface area contributed by atoms with Gasteiger partial charge in [-0.05, 0) is 24.6 Å². The van der Waals surface area contributed by atoms with Gasteiger partial charge >= 0.3 is 0 Å². The van der Waals surface area contributed by atoms with Gasteiger partial charge in [-0.1, -0.05) is 0 Å². The molecule has 2 aromatic rings. The van der Waals surface area contributed by atoms with E-state index in [0.29, 0.717) is 5.56 Å².